The first-order chi connectivity index (χ1) is 7.38. The van der Waals surface area contributed by atoms with Gasteiger partial charge in [0, 0.05) is 6.54 Å². The third-order valence-electron chi connectivity index (χ3n) is 2.63. The number of rotatable bonds is 4. The molecular formula is C12H19Cl2NO2. The van der Waals surface area contributed by atoms with E-state index in [0.29, 0.717) is 12.7 Å². The Morgan fingerprint density at radius 3 is 2.82 bits per heavy atom. The van der Waals surface area contributed by atoms with Gasteiger partial charge in [-0.15, -0.1) is 24.8 Å². The summed E-state index contributed by atoms with van der Waals surface area (Å²) in [5.74, 6) is 0.889. The minimum atomic E-state index is 0. The standard InChI is InChI=1S/C12H17NO2.2ClH/c1-14-11-4-2-3-10(7-11)9-15-12-5-6-13-8-12;;/h2-4,7,12-13H,5-6,8-9H2,1H3;2*1H/t12-;;/m1../s1. The van der Waals surface area contributed by atoms with Crippen LogP contribution in [-0.4, -0.2) is 26.3 Å². The molecule has 3 nitrogen and oxygen atoms in total. The van der Waals surface area contributed by atoms with Crippen molar-refractivity contribution in [1.29, 1.82) is 0 Å². The maximum absolute atomic E-state index is 5.77. The van der Waals surface area contributed by atoms with Crippen LogP contribution in [0.25, 0.3) is 0 Å². The minimum Gasteiger partial charge on any atom is -0.497 e. The maximum Gasteiger partial charge on any atom is 0.119 e. The predicted molar refractivity (Wildman–Crippen MR) is 73.6 cm³/mol. The zero-order chi connectivity index (χ0) is 10.5. The second kappa shape index (κ2) is 8.59. The van der Waals surface area contributed by atoms with Gasteiger partial charge in [0.1, 0.15) is 5.75 Å². The molecule has 1 aromatic carbocycles. The van der Waals surface area contributed by atoms with Crippen LogP contribution in [0.4, 0.5) is 0 Å². The molecule has 1 N–H and O–H groups in total. The summed E-state index contributed by atoms with van der Waals surface area (Å²) in [5.41, 5.74) is 1.17. The molecule has 1 saturated heterocycles. The Bertz CT molecular complexity index is 317. The van der Waals surface area contributed by atoms with Gasteiger partial charge in [-0.05, 0) is 30.7 Å². The fourth-order valence-corrected chi connectivity index (χ4v) is 1.75. The quantitative estimate of drug-likeness (QED) is 0.918. The van der Waals surface area contributed by atoms with Crippen molar-refractivity contribution in [2.75, 3.05) is 20.2 Å². The van der Waals surface area contributed by atoms with Gasteiger partial charge in [-0.2, -0.15) is 0 Å². The highest BCUT2D eigenvalue weighted by molar-refractivity contribution is 5.85. The number of methoxy groups -OCH3 is 1. The summed E-state index contributed by atoms with van der Waals surface area (Å²) in [5, 5.41) is 3.28. The van der Waals surface area contributed by atoms with Crippen molar-refractivity contribution in [3.05, 3.63) is 29.8 Å². The number of ether oxygens (including phenoxy) is 2. The summed E-state index contributed by atoms with van der Waals surface area (Å²) < 4.78 is 10.9. The van der Waals surface area contributed by atoms with E-state index < -0.39 is 0 Å². The Hall–Kier alpha value is -0.480. The van der Waals surface area contributed by atoms with Gasteiger partial charge in [-0.25, -0.2) is 0 Å². The number of hydrogen-bond donors (Lipinski definition) is 1. The smallest absolute Gasteiger partial charge is 0.119 e. The molecule has 0 aliphatic carbocycles. The zero-order valence-electron chi connectivity index (χ0n) is 9.85. The Labute approximate surface area is 115 Å². The van der Waals surface area contributed by atoms with Crippen molar-refractivity contribution in [3.8, 4) is 5.75 Å². The molecule has 1 aromatic rings. The number of nitrogens with one attached hydrogen (secondary N) is 1. The van der Waals surface area contributed by atoms with E-state index in [-0.39, 0.29) is 24.8 Å². The van der Waals surface area contributed by atoms with Gasteiger partial charge in [-0.3, -0.25) is 0 Å². The molecule has 0 amide bonds. The molecule has 0 bridgehead atoms. The molecule has 5 heteroatoms. The maximum atomic E-state index is 5.77. The molecule has 1 aliphatic rings. The van der Waals surface area contributed by atoms with E-state index in [4.69, 9.17) is 9.47 Å². The Morgan fingerprint density at radius 1 is 1.35 bits per heavy atom. The number of halogens is 2. The van der Waals surface area contributed by atoms with Crippen LogP contribution in [-0.2, 0) is 11.3 Å². The molecule has 0 radical (unpaired) electrons. The summed E-state index contributed by atoms with van der Waals surface area (Å²) in [6.07, 6.45) is 1.49. The van der Waals surface area contributed by atoms with Gasteiger partial charge in [0.25, 0.3) is 0 Å². The Kier molecular flexibility index (Phi) is 8.35. The van der Waals surface area contributed by atoms with Crippen molar-refractivity contribution in [3.63, 3.8) is 0 Å². The number of benzene rings is 1. The van der Waals surface area contributed by atoms with E-state index in [1.807, 2.05) is 18.2 Å². The fourth-order valence-electron chi connectivity index (χ4n) is 1.75. The largest absolute Gasteiger partial charge is 0.497 e. The van der Waals surface area contributed by atoms with E-state index in [2.05, 4.69) is 11.4 Å². The van der Waals surface area contributed by atoms with E-state index >= 15 is 0 Å². The third-order valence-corrected chi connectivity index (χ3v) is 2.63. The van der Waals surface area contributed by atoms with Crippen LogP contribution in [0.1, 0.15) is 12.0 Å². The van der Waals surface area contributed by atoms with Crippen molar-refractivity contribution >= 4 is 24.8 Å². The minimum absolute atomic E-state index is 0. The molecular weight excluding hydrogens is 261 g/mol. The molecule has 2 rings (SSSR count). The summed E-state index contributed by atoms with van der Waals surface area (Å²) in [7, 11) is 1.68. The molecule has 17 heavy (non-hydrogen) atoms. The highest BCUT2D eigenvalue weighted by atomic mass is 35.5. The molecule has 0 spiro atoms. The lowest BCUT2D eigenvalue weighted by Crippen LogP contribution is -2.16. The molecule has 0 unspecified atom stereocenters. The van der Waals surface area contributed by atoms with Gasteiger partial charge < -0.3 is 14.8 Å². The molecule has 0 saturated carbocycles. The SMILES string of the molecule is COc1cccc(CO[C@@H]2CCNC2)c1.Cl.Cl. The van der Waals surface area contributed by atoms with Gasteiger partial charge in [0.15, 0.2) is 0 Å². The van der Waals surface area contributed by atoms with Gasteiger partial charge in [0.2, 0.25) is 0 Å². The third kappa shape index (κ3) is 5.13. The molecule has 1 heterocycles. The lowest BCUT2D eigenvalue weighted by molar-refractivity contribution is 0.0541. The van der Waals surface area contributed by atoms with Crippen molar-refractivity contribution in [2.24, 2.45) is 0 Å². The summed E-state index contributed by atoms with van der Waals surface area (Å²) in [4.78, 5) is 0. The Morgan fingerprint density at radius 2 is 2.18 bits per heavy atom. The van der Waals surface area contributed by atoms with Crippen molar-refractivity contribution < 1.29 is 9.47 Å². The van der Waals surface area contributed by atoms with Crippen LogP contribution in [0.2, 0.25) is 0 Å². The molecule has 98 valence electrons. The first-order valence-corrected chi connectivity index (χ1v) is 5.34. The summed E-state index contributed by atoms with van der Waals surface area (Å²) in [6, 6.07) is 8.01. The summed E-state index contributed by atoms with van der Waals surface area (Å²) >= 11 is 0. The van der Waals surface area contributed by atoms with Crippen LogP contribution >= 0.6 is 24.8 Å². The Balaban J connectivity index is 0.00000128. The fraction of sp³-hybridized carbons (Fsp3) is 0.500. The van der Waals surface area contributed by atoms with E-state index in [1.54, 1.807) is 7.11 Å². The average molecular weight is 280 g/mol. The second-order valence-electron chi connectivity index (χ2n) is 3.78. The van der Waals surface area contributed by atoms with E-state index in [0.717, 1.165) is 25.3 Å². The molecule has 1 fully saturated rings. The van der Waals surface area contributed by atoms with Crippen LogP contribution < -0.4 is 10.1 Å². The molecule has 1 aliphatic heterocycles. The summed E-state index contributed by atoms with van der Waals surface area (Å²) in [6.45, 7) is 2.72. The zero-order valence-corrected chi connectivity index (χ0v) is 11.5. The lowest BCUT2D eigenvalue weighted by atomic mass is 10.2. The van der Waals surface area contributed by atoms with Crippen molar-refractivity contribution in [2.45, 2.75) is 19.1 Å². The highest BCUT2D eigenvalue weighted by Gasteiger charge is 2.14. The van der Waals surface area contributed by atoms with E-state index in [1.165, 1.54) is 5.56 Å². The van der Waals surface area contributed by atoms with E-state index in [9.17, 15) is 0 Å². The van der Waals surface area contributed by atoms with Crippen LogP contribution in [0.5, 0.6) is 5.75 Å². The van der Waals surface area contributed by atoms with Crippen LogP contribution in [0.15, 0.2) is 24.3 Å². The second-order valence-corrected chi connectivity index (χ2v) is 3.78. The monoisotopic (exact) mass is 279 g/mol. The van der Waals surface area contributed by atoms with Crippen molar-refractivity contribution in [1.82, 2.24) is 5.32 Å². The normalized spacial score (nSPS) is 18.1. The van der Waals surface area contributed by atoms with Gasteiger partial charge in [0.05, 0.1) is 19.8 Å². The van der Waals surface area contributed by atoms with Crippen LogP contribution in [0, 0.1) is 0 Å². The highest BCUT2D eigenvalue weighted by Crippen LogP contribution is 2.14. The molecule has 1 atom stereocenters. The average Bonchev–Trinajstić information content (AvgIpc) is 2.79. The number of hydrogen-bond acceptors (Lipinski definition) is 3. The first-order valence-electron chi connectivity index (χ1n) is 5.34. The topological polar surface area (TPSA) is 30.5 Å². The first kappa shape index (κ1) is 16.5. The van der Waals surface area contributed by atoms with Gasteiger partial charge >= 0.3 is 0 Å². The lowest BCUT2D eigenvalue weighted by Gasteiger charge is -2.10. The molecule has 0 aromatic heterocycles. The van der Waals surface area contributed by atoms with Gasteiger partial charge in [-0.1, -0.05) is 12.1 Å². The van der Waals surface area contributed by atoms with Crippen LogP contribution in [0.3, 0.4) is 0 Å². The predicted octanol–water partition coefficient (Wildman–Crippen LogP) is 2.42.